The summed E-state index contributed by atoms with van der Waals surface area (Å²) in [7, 11) is 0. The topological polar surface area (TPSA) is 49.4 Å². The van der Waals surface area contributed by atoms with Crippen LogP contribution < -0.4 is 5.32 Å². The van der Waals surface area contributed by atoms with Crippen LogP contribution in [0.3, 0.4) is 0 Å². The van der Waals surface area contributed by atoms with Crippen molar-refractivity contribution in [2.24, 2.45) is 17.8 Å². The monoisotopic (exact) mass is 328 g/mol. The standard InChI is InChI=1S/C20H28N2O2/c1-14-7-6-10-18(15(14)2)22-13-17(11-19(22)23)20(24)21-12-16-8-4-3-5-9-16/h3-5,8-9,14-15,17-18H,6-7,10-13H2,1-2H3,(H,21,24)/t14-,15-,17-,18+/m1/s1. The van der Waals surface area contributed by atoms with Gasteiger partial charge in [-0.2, -0.15) is 0 Å². The minimum atomic E-state index is -0.203. The number of carbonyl (C=O) groups is 2. The van der Waals surface area contributed by atoms with E-state index in [-0.39, 0.29) is 17.7 Å². The minimum Gasteiger partial charge on any atom is -0.352 e. The zero-order valence-electron chi connectivity index (χ0n) is 14.7. The van der Waals surface area contributed by atoms with Crippen molar-refractivity contribution in [1.82, 2.24) is 10.2 Å². The van der Waals surface area contributed by atoms with E-state index in [1.54, 1.807) is 0 Å². The summed E-state index contributed by atoms with van der Waals surface area (Å²) in [6, 6.07) is 10.2. The van der Waals surface area contributed by atoms with Crippen molar-refractivity contribution >= 4 is 11.8 Å². The number of benzene rings is 1. The lowest BCUT2D eigenvalue weighted by atomic mass is 9.77. The molecular weight excluding hydrogens is 300 g/mol. The summed E-state index contributed by atoms with van der Waals surface area (Å²) in [5, 5.41) is 2.99. The largest absolute Gasteiger partial charge is 0.352 e. The fourth-order valence-corrected chi connectivity index (χ4v) is 4.15. The molecule has 2 fully saturated rings. The van der Waals surface area contributed by atoms with Gasteiger partial charge in [-0.15, -0.1) is 0 Å². The normalized spacial score (nSPS) is 30.4. The van der Waals surface area contributed by atoms with Gasteiger partial charge in [-0.3, -0.25) is 9.59 Å². The Morgan fingerprint density at radius 3 is 2.71 bits per heavy atom. The second-order valence-electron chi connectivity index (χ2n) is 7.49. The molecule has 3 rings (SSSR count). The summed E-state index contributed by atoms with van der Waals surface area (Å²) in [5.41, 5.74) is 1.08. The third kappa shape index (κ3) is 3.63. The molecule has 0 unspecified atom stereocenters. The van der Waals surface area contributed by atoms with Gasteiger partial charge in [-0.05, 0) is 23.8 Å². The Labute approximate surface area is 144 Å². The molecule has 24 heavy (non-hydrogen) atoms. The fourth-order valence-electron chi connectivity index (χ4n) is 4.15. The summed E-state index contributed by atoms with van der Waals surface area (Å²) in [4.78, 5) is 26.9. The molecule has 1 saturated carbocycles. The maximum absolute atomic E-state index is 12.5. The number of likely N-dealkylation sites (tertiary alicyclic amines) is 1. The second-order valence-corrected chi connectivity index (χ2v) is 7.49. The van der Waals surface area contributed by atoms with Gasteiger partial charge >= 0.3 is 0 Å². The highest BCUT2D eigenvalue weighted by Crippen LogP contribution is 2.35. The Morgan fingerprint density at radius 2 is 1.96 bits per heavy atom. The quantitative estimate of drug-likeness (QED) is 0.924. The lowest BCUT2D eigenvalue weighted by molar-refractivity contribution is -0.132. The molecule has 4 atom stereocenters. The van der Waals surface area contributed by atoms with E-state index in [4.69, 9.17) is 0 Å². The van der Waals surface area contributed by atoms with Gasteiger partial charge < -0.3 is 10.2 Å². The summed E-state index contributed by atoms with van der Waals surface area (Å²) in [5.74, 6) is 1.13. The second kappa shape index (κ2) is 7.37. The van der Waals surface area contributed by atoms with Crippen LogP contribution in [0.1, 0.15) is 45.1 Å². The molecule has 4 heteroatoms. The van der Waals surface area contributed by atoms with Crippen LogP contribution in [0.5, 0.6) is 0 Å². The summed E-state index contributed by atoms with van der Waals surface area (Å²) in [6.45, 7) is 5.65. The van der Waals surface area contributed by atoms with Gasteiger partial charge in [0.15, 0.2) is 0 Å². The maximum atomic E-state index is 12.5. The number of hydrogen-bond donors (Lipinski definition) is 1. The summed E-state index contributed by atoms with van der Waals surface area (Å²) >= 11 is 0. The number of rotatable bonds is 4. The Bertz CT molecular complexity index is 587. The van der Waals surface area contributed by atoms with Gasteiger partial charge in [0.25, 0.3) is 0 Å². The Morgan fingerprint density at radius 1 is 1.21 bits per heavy atom. The third-order valence-electron chi connectivity index (χ3n) is 5.90. The molecule has 0 bridgehead atoms. The third-order valence-corrected chi connectivity index (χ3v) is 5.90. The number of carbonyl (C=O) groups excluding carboxylic acids is 2. The Balaban J connectivity index is 1.57. The molecule has 1 saturated heterocycles. The first kappa shape index (κ1) is 17.0. The van der Waals surface area contributed by atoms with Crippen LogP contribution in [-0.2, 0) is 16.1 Å². The van der Waals surface area contributed by atoms with E-state index in [1.165, 1.54) is 12.8 Å². The van der Waals surface area contributed by atoms with Gasteiger partial charge in [-0.1, -0.05) is 57.0 Å². The zero-order chi connectivity index (χ0) is 17.1. The number of nitrogens with one attached hydrogen (secondary N) is 1. The summed E-state index contributed by atoms with van der Waals surface area (Å²) in [6.07, 6.45) is 3.87. The lowest BCUT2D eigenvalue weighted by Crippen LogP contribution is -2.45. The van der Waals surface area contributed by atoms with Crippen LogP contribution in [0, 0.1) is 17.8 Å². The van der Waals surface area contributed by atoms with Crippen molar-refractivity contribution in [1.29, 1.82) is 0 Å². The number of nitrogens with zero attached hydrogens (tertiary/aromatic N) is 1. The predicted molar refractivity (Wildman–Crippen MR) is 94.1 cm³/mol. The van der Waals surface area contributed by atoms with Crippen molar-refractivity contribution < 1.29 is 9.59 Å². The van der Waals surface area contributed by atoms with E-state index in [1.807, 2.05) is 35.2 Å². The van der Waals surface area contributed by atoms with Crippen molar-refractivity contribution in [2.45, 2.75) is 52.1 Å². The van der Waals surface area contributed by atoms with Gasteiger partial charge in [0.2, 0.25) is 11.8 Å². The summed E-state index contributed by atoms with van der Waals surface area (Å²) < 4.78 is 0. The van der Waals surface area contributed by atoms with Crippen LogP contribution >= 0.6 is 0 Å². The SMILES string of the molecule is C[C@@H]1[C@H](C)CCC[C@@H]1N1C[C@H](C(=O)NCc2ccccc2)CC1=O. The first-order valence-electron chi connectivity index (χ1n) is 9.17. The molecule has 1 aromatic carbocycles. The molecule has 4 nitrogen and oxygen atoms in total. The van der Waals surface area contributed by atoms with Crippen molar-refractivity contribution in [3.05, 3.63) is 35.9 Å². The van der Waals surface area contributed by atoms with Crippen LogP contribution in [-0.4, -0.2) is 29.3 Å². The van der Waals surface area contributed by atoms with Gasteiger partial charge in [0.1, 0.15) is 0 Å². The van der Waals surface area contributed by atoms with E-state index in [2.05, 4.69) is 19.2 Å². The molecule has 1 aliphatic heterocycles. The molecule has 130 valence electrons. The first-order valence-corrected chi connectivity index (χ1v) is 9.17. The van der Waals surface area contributed by atoms with Crippen molar-refractivity contribution in [3.63, 3.8) is 0 Å². The van der Waals surface area contributed by atoms with E-state index < -0.39 is 0 Å². The van der Waals surface area contributed by atoms with Crippen molar-refractivity contribution in [2.75, 3.05) is 6.54 Å². The van der Waals surface area contributed by atoms with Crippen LogP contribution in [0.25, 0.3) is 0 Å². The minimum absolute atomic E-state index is 0.00575. The molecule has 1 aromatic rings. The zero-order valence-corrected chi connectivity index (χ0v) is 14.7. The van der Waals surface area contributed by atoms with Gasteiger partial charge in [0.05, 0.1) is 5.92 Å². The Kier molecular flexibility index (Phi) is 5.22. The maximum Gasteiger partial charge on any atom is 0.225 e. The van der Waals surface area contributed by atoms with E-state index in [0.29, 0.717) is 37.4 Å². The molecule has 0 radical (unpaired) electrons. The Hall–Kier alpha value is -1.84. The van der Waals surface area contributed by atoms with Crippen LogP contribution in [0.15, 0.2) is 30.3 Å². The highest BCUT2D eigenvalue weighted by molar-refractivity contribution is 5.89. The highest BCUT2D eigenvalue weighted by Gasteiger charge is 2.41. The molecule has 0 aromatic heterocycles. The average molecular weight is 328 g/mol. The molecule has 1 N–H and O–H groups in total. The van der Waals surface area contributed by atoms with Crippen LogP contribution in [0.4, 0.5) is 0 Å². The van der Waals surface area contributed by atoms with E-state index in [9.17, 15) is 9.59 Å². The van der Waals surface area contributed by atoms with Crippen LogP contribution in [0.2, 0.25) is 0 Å². The number of amides is 2. The van der Waals surface area contributed by atoms with E-state index in [0.717, 1.165) is 12.0 Å². The fraction of sp³-hybridized carbons (Fsp3) is 0.600. The molecular formula is C20H28N2O2. The molecule has 0 spiro atoms. The molecule has 2 aliphatic rings. The lowest BCUT2D eigenvalue weighted by Gasteiger charge is -2.40. The molecule has 1 heterocycles. The first-order chi connectivity index (χ1) is 11.6. The van der Waals surface area contributed by atoms with Crippen molar-refractivity contribution in [3.8, 4) is 0 Å². The van der Waals surface area contributed by atoms with E-state index >= 15 is 0 Å². The highest BCUT2D eigenvalue weighted by atomic mass is 16.2. The van der Waals surface area contributed by atoms with Gasteiger partial charge in [0, 0.05) is 25.6 Å². The van der Waals surface area contributed by atoms with Gasteiger partial charge in [-0.25, -0.2) is 0 Å². The predicted octanol–water partition coefficient (Wildman–Crippen LogP) is 2.98. The molecule has 1 aliphatic carbocycles. The number of hydrogen-bond acceptors (Lipinski definition) is 2. The smallest absolute Gasteiger partial charge is 0.225 e. The average Bonchev–Trinajstić information content (AvgIpc) is 2.98. The molecule has 2 amide bonds.